The van der Waals surface area contributed by atoms with Crippen LogP contribution >= 0.6 is 11.6 Å². The van der Waals surface area contributed by atoms with Crippen molar-refractivity contribution < 1.29 is 34.1 Å². The molecule has 0 aromatic heterocycles. The minimum atomic E-state index is -1.18. The molecule has 6 rings (SSSR count). The standard InChI is InChI=1S/C47H69ClN2O7/c1-28(2)39-34(51)25-47(36(52)27-50(24-23-49(9)10)41(54)29-11-13-30(48)14-12-29)22-21-45(7)31-17-18-35-44(5,6)37(57-38(53)26-43(3,4)42(55)56)19-20-46(35,8)32(31)15-16-33(45)40(39)47/h11-14,28,31-33,35-37,52H,15-27H2,1-10H3,(H,55,56)/t31-,32+,33-,35+,36+,37+,45+,46-,47+/m1/s1. The van der Waals surface area contributed by atoms with E-state index in [1.165, 1.54) is 5.57 Å². The number of carbonyl (C=O) groups excluding carboxylic acids is 3. The van der Waals surface area contributed by atoms with Crippen molar-refractivity contribution in [3.05, 3.63) is 46.0 Å². The normalized spacial score (nSPS) is 33.9. The van der Waals surface area contributed by atoms with Gasteiger partial charge < -0.3 is 24.7 Å². The fourth-order valence-electron chi connectivity index (χ4n) is 13.1. The lowest BCUT2D eigenvalue weighted by molar-refractivity contribution is -0.205. The summed E-state index contributed by atoms with van der Waals surface area (Å²) in [6.45, 7) is 18.1. The van der Waals surface area contributed by atoms with E-state index in [9.17, 15) is 29.4 Å². The van der Waals surface area contributed by atoms with Crippen molar-refractivity contribution in [3.8, 4) is 0 Å². The molecule has 9 nitrogen and oxygen atoms in total. The van der Waals surface area contributed by atoms with Crippen molar-refractivity contribution in [2.45, 2.75) is 132 Å². The number of aliphatic hydroxyl groups is 1. The summed E-state index contributed by atoms with van der Waals surface area (Å²) in [6.07, 6.45) is 6.44. The molecule has 1 aromatic rings. The monoisotopic (exact) mass is 808 g/mol. The van der Waals surface area contributed by atoms with Gasteiger partial charge in [0, 0.05) is 47.5 Å². The third kappa shape index (κ3) is 7.65. The fraction of sp³-hybridized carbons (Fsp3) is 0.745. The molecule has 2 N–H and O–H groups in total. The van der Waals surface area contributed by atoms with Crippen LogP contribution in [0.25, 0.3) is 0 Å². The molecule has 0 radical (unpaired) electrons. The Hall–Kier alpha value is -2.75. The van der Waals surface area contributed by atoms with Crippen LogP contribution in [0.3, 0.4) is 0 Å². The molecule has 9 atom stereocenters. The Labute approximate surface area is 346 Å². The number of aliphatic carboxylic acids is 1. The number of rotatable bonds is 12. The number of ether oxygens (including phenoxy) is 1. The number of aliphatic hydroxyl groups excluding tert-OH is 1. The molecule has 4 saturated carbocycles. The van der Waals surface area contributed by atoms with Crippen molar-refractivity contribution >= 4 is 35.2 Å². The number of ketones is 1. The fourth-order valence-corrected chi connectivity index (χ4v) is 13.3. The first-order valence-corrected chi connectivity index (χ1v) is 22.0. The Morgan fingerprint density at radius 3 is 2.16 bits per heavy atom. The van der Waals surface area contributed by atoms with E-state index in [0.717, 1.165) is 50.5 Å². The highest BCUT2D eigenvalue weighted by atomic mass is 35.5. The number of esters is 1. The highest BCUT2D eigenvalue weighted by molar-refractivity contribution is 6.30. The molecule has 1 amide bonds. The smallest absolute Gasteiger partial charge is 0.309 e. The molecule has 0 saturated heterocycles. The Morgan fingerprint density at radius 1 is 0.912 bits per heavy atom. The molecule has 5 aliphatic rings. The topological polar surface area (TPSA) is 124 Å². The van der Waals surface area contributed by atoms with Crippen LogP contribution in [0.4, 0.5) is 0 Å². The number of benzene rings is 1. The number of amides is 1. The van der Waals surface area contributed by atoms with E-state index >= 15 is 0 Å². The van der Waals surface area contributed by atoms with E-state index in [4.69, 9.17) is 16.3 Å². The number of carbonyl (C=O) groups is 4. The molecule has 1 aromatic carbocycles. The number of carboxylic acid groups (broad SMARTS) is 1. The molecular formula is C47H69ClN2O7. The summed E-state index contributed by atoms with van der Waals surface area (Å²) in [5.74, 6) is 0.0720. The summed E-state index contributed by atoms with van der Waals surface area (Å²) in [5.41, 5.74) is 0.498. The number of likely N-dealkylation sites (N-methyl/N-ethyl adjacent to an activating group) is 1. The largest absolute Gasteiger partial charge is 0.481 e. The molecule has 0 bridgehead atoms. The summed E-state index contributed by atoms with van der Waals surface area (Å²) < 4.78 is 6.16. The molecule has 0 spiro atoms. The van der Waals surface area contributed by atoms with E-state index in [1.807, 2.05) is 19.0 Å². The summed E-state index contributed by atoms with van der Waals surface area (Å²) in [5, 5.41) is 22.8. The highest BCUT2D eigenvalue weighted by Gasteiger charge is 2.67. The van der Waals surface area contributed by atoms with Crippen molar-refractivity contribution in [1.29, 1.82) is 0 Å². The minimum absolute atomic E-state index is 0.0373. The summed E-state index contributed by atoms with van der Waals surface area (Å²) in [4.78, 5) is 56.9. The Morgan fingerprint density at radius 2 is 1.54 bits per heavy atom. The first-order valence-electron chi connectivity index (χ1n) is 21.6. The predicted molar refractivity (Wildman–Crippen MR) is 223 cm³/mol. The second-order valence-corrected chi connectivity index (χ2v) is 21.4. The van der Waals surface area contributed by atoms with Crippen molar-refractivity contribution in [3.63, 3.8) is 0 Å². The van der Waals surface area contributed by atoms with Gasteiger partial charge in [0.05, 0.1) is 17.9 Å². The Balaban J connectivity index is 1.27. The van der Waals surface area contributed by atoms with Gasteiger partial charge in [-0.2, -0.15) is 0 Å². The molecule has 10 heteroatoms. The SMILES string of the molecule is CC(C)C1=C2[C@H]3CC[C@H]4[C@@H](CC[C@H]5C(C)(C)[C@@H](OC(=O)CC(C)(C)C(=O)O)CC[C@]45C)[C@]3(C)CC[C@@]2([C@@H](O)CN(CCN(C)C)C(=O)c2ccc(Cl)cc2)CC1=O. The number of fused-ring (bicyclic) bond motifs is 7. The predicted octanol–water partition coefficient (Wildman–Crippen LogP) is 8.71. The number of nitrogens with zero attached hydrogens (tertiary/aromatic N) is 2. The van der Waals surface area contributed by atoms with Gasteiger partial charge in [0.15, 0.2) is 5.78 Å². The van der Waals surface area contributed by atoms with Gasteiger partial charge in [0.2, 0.25) is 0 Å². The van der Waals surface area contributed by atoms with Gasteiger partial charge in [0.25, 0.3) is 5.91 Å². The van der Waals surface area contributed by atoms with Gasteiger partial charge in [0.1, 0.15) is 6.10 Å². The summed E-state index contributed by atoms with van der Waals surface area (Å²) in [6, 6.07) is 6.92. The molecule has 4 fully saturated rings. The van der Waals surface area contributed by atoms with Crippen LogP contribution in [-0.4, -0.2) is 89.6 Å². The van der Waals surface area contributed by atoms with Crippen LogP contribution in [0.5, 0.6) is 0 Å². The third-order valence-electron chi connectivity index (χ3n) is 16.3. The van der Waals surface area contributed by atoms with Crippen LogP contribution in [0.15, 0.2) is 35.4 Å². The highest BCUT2D eigenvalue weighted by Crippen LogP contribution is 2.73. The van der Waals surface area contributed by atoms with E-state index in [0.29, 0.717) is 54.3 Å². The van der Waals surface area contributed by atoms with Crippen LogP contribution < -0.4 is 0 Å². The van der Waals surface area contributed by atoms with E-state index < -0.39 is 28.9 Å². The number of hydrogen-bond donors (Lipinski definition) is 2. The number of Topliss-reactive ketones (excluding diaryl/α,β-unsaturated/α-hetero) is 1. The summed E-state index contributed by atoms with van der Waals surface area (Å²) >= 11 is 6.17. The van der Waals surface area contributed by atoms with Crippen LogP contribution in [0.2, 0.25) is 5.02 Å². The van der Waals surface area contributed by atoms with Gasteiger partial charge in [-0.1, -0.05) is 58.7 Å². The average molecular weight is 810 g/mol. The van der Waals surface area contributed by atoms with Gasteiger partial charge in [-0.3, -0.25) is 19.2 Å². The first kappa shape index (κ1) is 43.8. The molecular weight excluding hydrogens is 740 g/mol. The quantitative estimate of drug-likeness (QED) is 0.201. The van der Waals surface area contributed by atoms with E-state index in [-0.39, 0.29) is 58.8 Å². The molecule has 57 heavy (non-hydrogen) atoms. The summed E-state index contributed by atoms with van der Waals surface area (Å²) in [7, 11) is 3.95. The third-order valence-corrected chi connectivity index (χ3v) is 16.5. The number of carboxylic acids is 1. The van der Waals surface area contributed by atoms with Crippen LogP contribution in [0.1, 0.15) is 130 Å². The lowest BCUT2D eigenvalue weighted by Crippen LogP contribution is -2.62. The number of halogens is 1. The molecule has 0 aliphatic heterocycles. The zero-order valence-electron chi connectivity index (χ0n) is 36.3. The first-order chi connectivity index (χ1) is 26.5. The van der Waals surface area contributed by atoms with Crippen LogP contribution in [0, 0.1) is 56.7 Å². The zero-order chi connectivity index (χ0) is 42.0. The van der Waals surface area contributed by atoms with Gasteiger partial charge in [-0.25, -0.2) is 0 Å². The van der Waals surface area contributed by atoms with Gasteiger partial charge in [-0.15, -0.1) is 0 Å². The maximum absolute atomic E-state index is 14.2. The van der Waals surface area contributed by atoms with E-state index in [1.54, 1.807) is 43.0 Å². The van der Waals surface area contributed by atoms with Crippen molar-refractivity contribution in [2.75, 3.05) is 33.7 Å². The maximum Gasteiger partial charge on any atom is 0.309 e. The Bertz CT molecular complexity index is 1770. The van der Waals surface area contributed by atoms with E-state index in [2.05, 4.69) is 41.5 Å². The van der Waals surface area contributed by atoms with Gasteiger partial charge >= 0.3 is 11.9 Å². The lowest BCUT2D eigenvalue weighted by atomic mass is 9.37. The van der Waals surface area contributed by atoms with Crippen molar-refractivity contribution in [1.82, 2.24) is 9.80 Å². The number of allylic oxidation sites excluding steroid dienone is 1. The van der Waals surface area contributed by atoms with Crippen LogP contribution in [-0.2, 0) is 19.1 Å². The Kier molecular flexibility index (Phi) is 12.1. The minimum Gasteiger partial charge on any atom is -0.481 e. The molecule has 316 valence electrons. The second-order valence-electron chi connectivity index (χ2n) is 21.0. The second kappa shape index (κ2) is 15.7. The average Bonchev–Trinajstić information content (AvgIpc) is 3.44. The zero-order valence-corrected chi connectivity index (χ0v) is 37.0. The molecule has 5 aliphatic carbocycles. The maximum atomic E-state index is 14.2. The molecule has 0 heterocycles. The van der Waals surface area contributed by atoms with Crippen molar-refractivity contribution in [2.24, 2.45) is 56.7 Å². The number of hydrogen-bond acceptors (Lipinski definition) is 7. The molecule has 0 unspecified atom stereocenters. The lowest BCUT2D eigenvalue weighted by Gasteiger charge is -2.68. The van der Waals surface area contributed by atoms with Gasteiger partial charge in [-0.05, 0) is 150 Å².